The predicted octanol–water partition coefficient (Wildman–Crippen LogP) is 3.88. The summed E-state index contributed by atoms with van der Waals surface area (Å²) in [7, 11) is 0. The van der Waals surface area contributed by atoms with Gasteiger partial charge in [0.1, 0.15) is 12.4 Å². The number of hydrogen-bond acceptors (Lipinski definition) is 3. The zero-order chi connectivity index (χ0) is 15.6. The molecule has 0 saturated carbocycles. The van der Waals surface area contributed by atoms with Crippen molar-refractivity contribution in [2.75, 3.05) is 0 Å². The van der Waals surface area contributed by atoms with Crippen LogP contribution in [-0.4, -0.2) is 9.78 Å². The summed E-state index contributed by atoms with van der Waals surface area (Å²) >= 11 is 3.58. The van der Waals surface area contributed by atoms with Gasteiger partial charge in [0.05, 0.1) is 15.9 Å². The fourth-order valence-corrected chi connectivity index (χ4v) is 2.67. The first-order chi connectivity index (χ1) is 9.93. The molecule has 4 nitrogen and oxygen atoms in total. The first-order valence-electron chi connectivity index (χ1n) is 7.14. The van der Waals surface area contributed by atoms with Gasteiger partial charge in [-0.1, -0.05) is 12.1 Å². The minimum absolute atomic E-state index is 0.0380. The van der Waals surface area contributed by atoms with Gasteiger partial charge in [0.25, 0.3) is 0 Å². The van der Waals surface area contributed by atoms with E-state index in [1.807, 2.05) is 37.6 Å². The van der Waals surface area contributed by atoms with E-state index in [-0.39, 0.29) is 6.04 Å². The Balaban J connectivity index is 2.17. The SMILES string of the molecule is CCn1nc(C)c(Br)c1COc1ccc([C@@H](C)N)cc1C. The van der Waals surface area contributed by atoms with Crippen molar-refractivity contribution in [2.45, 2.75) is 46.9 Å². The van der Waals surface area contributed by atoms with Gasteiger partial charge in [-0.3, -0.25) is 4.68 Å². The number of halogens is 1. The van der Waals surface area contributed by atoms with Gasteiger partial charge in [-0.05, 0) is 60.8 Å². The molecule has 1 aromatic carbocycles. The molecule has 0 bridgehead atoms. The first-order valence-corrected chi connectivity index (χ1v) is 7.94. The molecular formula is C16H22BrN3O. The summed E-state index contributed by atoms with van der Waals surface area (Å²) in [4.78, 5) is 0. The second kappa shape index (κ2) is 6.62. The Morgan fingerprint density at radius 1 is 1.38 bits per heavy atom. The Bertz CT molecular complexity index is 635. The van der Waals surface area contributed by atoms with Crippen molar-refractivity contribution in [3.63, 3.8) is 0 Å². The zero-order valence-corrected chi connectivity index (χ0v) is 14.6. The summed E-state index contributed by atoms with van der Waals surface area (Å²) in [6.45, 7) is 9.41. The highest BCUT2D eigenvalue weighted by Crippen LogP contribution is 2.26. The molecule has 0 spiro atoms. The van der Waals surface area contributed by atoms with Crippen LogP contribution in [0.25, 0.3) is 0 Å². The lowest BCUT2D eigenvalue weighted by Gasteiger charge is -2.13. The summed E-state index contributed by atoms with van der Waals surface area (Å²) in [6.07, 6.45) is 0. The third kappa shape index (κ3) is 3.47. The van der Waals surface area contributed by atoms with Crippen LogP contribution in [0, 0.1) is 13.8 Å². The number of benzene rings is 1. The normalized spacial score (nSPS) is 12.5. The van der Waals surface area contributed by atoms with Crippen LogP contribution in [-0.2, 0) is 13.2 Å². The minimum atomic E-state index is 0.0380. The van der Waals surface area contributed by atoms with Crippen molar-refractivity contribution in [1.29, 1.82) is 0 Å². The van der Waals surface area contributed by atoms with Crippen LogP contribution in [0.3, 0.4) is 0 Å². The number of aryl methyl sites for hydroxylation is 3. The van der Waals surface area contributed by atoms with Gasteiger partial charge in [0.15, 0.2) is 0 Å². The second-order valence-electron chi connectivity index (χ2n) is 5.26. The molecular weight excluding hydrogens is 330 g/mol. The van der Waals surface area contributed by atoms with E-state index in [0.29, 0.717) is 6.61 Å². The molecule has 2 rings (SSSR count). The van der Waals surface area contributed by atoms with Crippen LogP contribution < -0.4 is 10.5 Å². The summed E-state index contributed by atoms with van der Waals surface area (Å²) in [6, 6.07) is 6.12. The number of rotatable bonds is 5. The lowest BCUT2D eigenvalue weighted by molar-refractivity contribution is 0.289. The molecule has 1 atom stereocenters. The molecule has 0 aliphatic rings. The maximum Gasteiger partial charge on any atom is 0.131 e. The standard InChI is InChI=1S/C16H22BrN3O/c1-5-20-14(16(17)12(4)19-20)9-21-15-7-6-13(11(3)18)8-10(15)2/h6-8,11H,5,9,18H2,1-4H3/t11-/m1/s1. The smallest absolute Gasteiger partial charge is 0.131 e. The van der Waals surface area contributed by atoms with Crippen LogP contribution in [0.15, 0.2) is 22.7 Å². The maximum absolute atomic E-state index is 5.96. The van der Waals surface area contributed by atoms with Crippen LogP contribution >= 0.6 is 15.9 Å². The lowest BCUT2D eigenvalue weighted by atomic mass is 10.1. The van der Waals surface area contributed by atoms with E-state index in [1.165, 1.54) is 0 Å². The molecule has 1 aromatic heterocycles. The van der Waals surface area contributed by atoms with Gasteiger partial charge in [-0.2, -0.15) is 5.10 Å². The van der Waals surface area contributed by atoms with E-state index in [4.69, 9.17) is 10.5 Å². The first kappa shape index (κ1) is 16.0. The number of nitrogens with two attached hydrogens (primary N) is 1. The maximum atomic E-state index is 5.96. The fraction of sp³-hybridized carbons (Fsp3) is 0.438. The molecule has 0 aliphatic heterocycles. The number of ether oxygens (including phenoxy) is 1. The third-order valence-electron chi connectivity index (χ3n) is 3.54. The van der Waals surface area contributed by atoms with Crippen LogP contribution in [0.5, 0.6) is 5.75 Å². The predicted molar refractivity (Wildman–Crippen MR) is 88.5 cm³/mol. The molecule has 21 heavy (non-hydrogen) atoms. The molecule has 2 aromatic rings. The average Bonchev–Trinajstić information content (AvgIpc) is 2.72. The van der Waals surface area contributed by atoms with Gasteiger partial charge in [0.2, 0.25) is 0 Å². The number of aromatic nitrogens is 2. The Morgan fingerprint density at radius 2 is 2.10 bits per heavy atom. The highest BCUT2D eigenvalue weighted by atomic mass is 79.9. The van der Waals surface area contributed by atoms with E-state index >= 15 is 0 Å². The van der Waals surface area contributed by atoms with Gasteiger partial charge in [0, 0.05) is 12.6 Å². The van der Waals surface area contributed by atoms with Crippen LogP contribution in [0.1, 0.15) is 42.4 Å². The molecule has 1 heterocycles. The van der Waals surface area contributed by atoms with Gasteiger partial charge < -0.3 is 10.5 Å². The van der Waals surface area contributed by atoms with E-state index in [9.17, 15) is 0 Å². The van der Waals surface area contributed by atoms with Crippen LogP contribution in [0.2, 0.25) is 0 Å². The van der Waals surface area contributed by atoms with Crippen molar-refractivity contribution >= 4 is 15.9 Å². The Kier molecular flexibility index (Phi) is 5.06. The monoisotopic (exact) mass is 351 g/mol. The molecule has 114 valence electrons. The van der Waals surface area contributed by atoms with Gasteiger partial charge in [-0.15, -0.1) is 0 Å². The minimum Gasteiger partial charge on any atom is -0.487 e. The van der Waals surface area contributed by atoms with Crippen LogP contribution in [0.4, 0.5) is 0 Å². The van der Waals surface area contributed by atoms with E-state index in [1.54, 1.807) is 0 Å². The van der Waals surface area contributed by atoms with Crippen molar-refractivity contribution in [3.8, 4) is 5.75 Å². The molecule has 0 amide bonds. The summed E-state index contributed by atoms with van der Waals surface area (Å²) in [5, 5.41) is 4.47. The van der Waals surface area contributed by atoms with E-state index in [2.05, 4.69) is 34.0 Å². The van der Waals surface area contributed by atoms with Crippen molar-refractivity contribution < 1.29 is 4.74 Å². The Morgan fingerprint density at radius 3 is 2.67 bits per heavy atom. The lowest BCUT2D eigenvalue weighted by Crippen LogP contribution is -2.08. The number of nitrogens with zero attached hydrogens (tertiary/aromatic N) is 2. The summed E-state index contributed by atoms with van der Waals surface area (Å²) in [5.74, 6) is 0.882. The molecule has 0 saturated heterocycles. The van der Waals surface area contributed by atoms with E-state index in [0.717, 1.165) is 39.3 Å². The quantitative estimate of drug-likeness (QED) is 0.889. The zero-order valence-electron chi connectivity index (χ0n) is 13.0. The Labute approximate surface area is 134 Å². The summed E-state index contributed by atoms with van der Waals surface area (Å²) in [5.41, 5.74) is 10.2. The van der Waals surface area contributed by atoms with Gasteiger partial charge >= 0.3 is 0 Å². The van der Waals surface area contributed by atoms with Crippen molar-refractivity contribution in [1.82, 2.24) is 9.78 Å². The molecule has 0 unspecified atom stereocenters. The molecule has 0 fully saturated rings. The molecule has 2 N–H and O–H groups in total. The average molecular weight is 352 g/mol. The highest BCUT2D eigenvalue weighted by Gasteiger charge is 2.13. The highest BCUT2D eigenvalue weighted by molar-refractivity contribution is 9.10. The fourth-order valence-electron chi connectivity index (χ4n) is 2.27. The molecule has 0 aliphatic carbocycles. The van der Waals surface area contributed by atoms with E-state index < -0.39 is 0 Å². The van der Waals surface area contributed by atoms with Crippen molar-refractivity contribution in [3.05, 3.63) is 45.2 Å². The molecule has 0 radical (unpaired) electrons. The third-order valence-corrected chi connectivity index (χ3v) is 4.57. The molecule has 5 heteroatoms. The number of hydrogen-bond donors (Lipinski definition) is 1. The van der Waals surface area contributed by atoms with Gasteiger partial charge in [-0.25, -0.2) is 0 Å². The second-order valence-corrected chi connectivity index (χ2v) is 6.06. The topological polar surface area (TPSA) is 53.1 Å². The largest absolute Gasteiger partial charge is 0.487 e. The Hall–Kier alpha value is -1.33. The summed E-state index contributed by atoms with van der Waals surface area (Å²) < 4.78 is 8.95. The van der Waals surface area contributed by atoms with Crippen molar-refractivity contribution in [2.24, 2.45) is 5.73 Å².